The molecule has 3 aromatic rings. The van der Waals surface area contributed by atoms with Gasteiger partial charge < -0.3 is 11.1 Å². The van der Waals surface area contributed by atoms with Crippen LogP contribution < -0.4 is 16.0 Å². The van der Waals surface area contributed by atoms with E-state index >= 15 is 0 Å². The van der Waals surface area contributed by atoms with Crippen molar-refractivity contribution in [1.82, 2.24) is 10.2 Å². The second kappa shape index (κ2) is 11.4. The number of aromatic nitrogens is 2. The van der Waals surface area contributed by atoms with Crippen molar-refractivity contribution in [1.29, 1.82) is 5.26 Å². The smallest absolute Gasteiger partial charge is 0.234 e. The molecule has 0 fully saturated rings. The largest absolute Gasteiger partial charge is 0.384 e. The van der Waals surface area contributed by atoms with Crippen LogP contribution in [0.2, 0.25) is 10.0 Å². The van der Waals surface area contributed by atoms with Crippen molar-refractivity contribution in [2.24, 2.45) is 5.73 Å². The lowest BCUT2D eigenvalue weighted by atomic mass is 9.76. The van der Waals surface area contributed by atoms with Crippen molar-refractivity contribution in [2.45, 2.75) is 29.5 Å². The third kappa shape index (κ3) is 5.38. The minimum atomic E-state index is -0.697. The van der Waals surface area contributed by atoms with Crippen LogP contribution in [0.15, 0.2) is 69.5 Å². The zero-order valence-corrected chi connectivity index (χ0v) is 23.2. The van der Waals surface area contributed by atoms with E-state index in [1.807, 2.05) is 0 Å². The van der Waals surface area contributed by atoms with Gasteiger partial charge in [0.25, 0.3) is 0 Å². The molecule has 1 aromatic heterocycles. The number of thioether (sulfide) groups is 1. The molecule has 1 amide bonds. The van der Waals surface area contributed by atoms with Gasteiger partial charge in [-0.1, -0.05) is 64.5 Å². The van der Waals surface area contributed by atoms with Gasteiger partial charge in [-0.25, -0.2) is 4.39 Å². The number of hydrogen-bond donors (Lipinski definition) is 2. The molecule has 8 nitrogen and oxygen atoms in total. The quantitative estimate of drug-likeness (QED) is 0.329. The average Bonchev–Trinajstić information content (AvgIpc) is 3.38. The Morgan fingerprint density at radius 2 is 1.92 bits per heavy atom. The molecular weight excluding hydrogens is 582 g/mol. The number of nitrogens with two attached hydrogens (primary N) is 1. The molecule has 1 aliphatic heterocycles. The first-order chi connectivity index (χ1) is 18.8. The topological polar surface area (TPSA) is 125 Å². The van der Waals surface area contributed by atoms with Crippen molar-refractivity contribution in [3.05, 3.63) is 86.6 Å². The Hall–Kier alpha value is -3.43. The van der Waals surface area contributed by atoms with Gasteiger partial charge in [-0.2, -0.15) is 5.26 Å². The third-order valence-corrected chi connectivity index (χ3v) is 8.93. The van der Waals surface area contributed by atoms with Gasteiger partial charge in [0.1, 0.15) is 11.6 Å². The van der Waals surface area contributed by atoms with Gasteiger partial charge in [0, 0.05) is 17.7 Å². The number of amides is 1. The predicted octanol–water partition coefficient (Wildman–Crippen LogP) is 6.02. The summed E-state index contributed by atoms with van der Waals surface area (Å²) >= 11 is 14.6. The summed E-state index contributed by atoms with van der Waals surface area (Å²) in [6.07, 6.45) is 1.50. The first-order valence-corrected chi connectivity index (χ1v) is 14.3. The van der Waals surface area contributed by atoms with E-state index < -0.39 is 11.7 Å². The summed E-state index contributed by atoms with van der Waals surface area (Å²) in [5.74, 6) is -1.38. The predicted molar refractivity (Wildman–Crippen MR) is 150 cm³/mol. The van der Waals surface area contributed by atoms with Gasteiger partial charge in [0.2, 0.25) is 11.0 Å². The fraction of sp³-hybridized carbons (Fsp3) is 0.192. The number of carbonyl (C=O) groups excluding carboxylic acids is 2. The summed E-state index contributed by atoms with van der Waals surface area (Å²) < 4.78 is 14.1. The van der Waals surface area contributed by atoms with Crippen molar-refractivity contribution in [2.75, 3.05) is 16.0 Å². The fourth-order valence-electron chi connectivity index (χ4n) is 4.56. The van der Waals surface area contributed by atoms with E-state index in [-0.39, 0.29) is 28.8 Å². The van der Waals surface area contributed by atoms with Crippen LogP contribution in [0.5, 0.6) is 0 Å². The van der Waals surface area contributed by atoms with E-state index in [1.165, 1.54) is 23.5 Å². The number of anilines is 2. The van der Waals surface area contributed by atoms with Crippen LogP contribution in [-0.2, 0) is 9.59 Å². The van der Waals surface area contributed by atoms with Crippen molar-refractivity contribution in [3.63, 3.8) is 0 Å². The lowest BCUT2D eigenvalue weighted by Crippen LogP contribution is -2.38. The molecule has 1 atom stereocenters. The minimum Gasteiger partial charge on any atom is -0.384 e. The number of nitrogens with one attached hydrogen (secondary N) is 1. The fourth-order valence-corrected chi connectivity index (χ4v) is 6.74. The molecule has 1 aliphatic carbocycles. The zero-order valence-electron chi connectivity index (χ0n) is 20.1. The minimum absolute atomic E-state index is 0.0179. The van der Waals surface area contributed by atoms with Gasteiger partial charge >= 0.3 is 0 Å². The number of benzene rings is 2. The van der Waals surface area contributed by atoms with E-state index in [2.05, 4.69) is 21.6 Å². The molecule has 39 heavy (non-hydrogen) atoms. The highest BCUT2D eigenvalue weighted by Crippen LogP contribution is 2.47. The van der Waals surface area contributed by atoms with Crippen LogP contribution in [0.3, 0.4) is 0 Å². The molecule has 0 radical (unpaired) electrons. The highest BCUT2D eigenvalue weighted by atomic mass is 35.5. The molecular formula is C26H19Cl2FN6O2S2. The summed E-state index contributed by atoms with van der Waals surface area (Å²) in [6.45, 7) is 0. The maximum atomic E-state index is 13.6. The van der Waals surface area contributed by atoms with Gasteiger partial charge in [0.15, 0.2) is 10.1 Å². The lowest BCUT2D eigenvalue weighted by molar-refractivity contribution is -0.116. The van der Waals surface area contributed by atoms with Crippen molar-refractivity contribution >= 4 is 68.8 Å². The summed E-state index contributed by atoms with van der Waals surface area (Å²) in [6, 6.07) is 12.8. The number of nitriles is 1. The van der Waals surface area contributed by atoms with Crippen LogP contribution in [0.25, 0.3) is 0 Å². The van der Waals surface area contributed by atoms with Crippen LogP contribution in [0.4, 0.5) is 15.2 Å². The van der Waals surface area contributed by atoms with Gasteiger partial charge in [-0.05, 0) is 42.7 Å². The molecule has 0 spiro atoms. The molecule has 0 saturated carbocycles. The Kier molecular flexibility index (Phi) is 7.91. The number of ketones is 1. The number of hydrogen-bond acceptors (Lipinski definition) is 9. The highest BCUT2D eigenvalue weighted by molar-refractivity contribution is 8.01. The van der Waals surface area contributed by atoms with Crippen LogP contribution in [-0.4, -0.2) is 27.6 Å². The normalized spacial score (nSPS) is 17.2. The number of halogens is 3. The molecule has 2 aliphatic rings. The Morgan fingerprint density at radius 1 is 1.21 bits per heavy atom. The van der Waals surface area contributed by atoms with Crippen molar-refractivity contribution in [3.8, 4) is 6.07 Å². The number of rotatable bonds is 6. The Labute approximate surface area is 241 Å². The standard InChI is InChI=1S/C26H19Cl2FN6O2S2/c27-16-3-1-4-17(28)23(16)32-20(37)12-38-26-34-33-25(39-26)35-18-5-2-6-19(36)22(18)21(15(11-30)24(35)31)13-7-9-14(29)10-8-13/h1,3-4,7-10,21H,2,5-6,12,31H2,(H,32,37). The summed E-state index contributed by atoms with van der Waals surface area (Å²) in [5.41, 5.74) is 8.75. The maximum Gasteiger partial charge on any atom is 0.234 e. The number of nitrogens with zero attached hydrogens (tertiary/aromatic N) is 4. The molecule has 1 unspecified atom stereocenters. The van der Waals surface area contributed by atoms with Gasteiger partial charge in [-0.15, -0.1) is 10.2 Å². The average molecular weight is 602 g/mol. The Morgan fingerprint density at radius 3 is 2.62 bits per heavy atom. The molecule has 5 rings (SSSR count). The third-order valence-electron chi connectivity index (χ3n) is 6.26. The first-order valence-electron chi connectivity index (χ1n) is 11.7. The van der Waals surface area contributed by atoms with E-state index in [1.54, 1.807) is 35.2 Å². The van der Waals surface area contributed by atoms with Crippen LogP contribution >= 0.6 is 46.3 Å². The number of Topliss-reactive ketones (excluding diaryl/α,β-unsaturated/α-hetero) is 1. The summed E-state index contributed by atoms with van der Waals surface area (Å²) in [5, 5.41) is 22.2. The van der Waals surface area contributed by atoms with Crippen molar-refractivity contribution < 1.29 is 14.0 Å². The molecule has 198 valence electrons. The SMILES string of the molecule is N#CC1=C(N)N(c2nnc(SCC(=O)Nc3c(Cl)cccc3Cl)s2)C2=C(C(=O)CCC2)C1c1ccc(F)cc1. The van der Waals surface area contributed by atoms with E-state index in [9.17, 15) is 19.2 Å². The Bertz CT molecular complexity index is 1560. The highest BCUT2D eigenvalue weighted by Gasteiger charge is 2.41. The maximum absolute atomic E-state index is 13.6. The summed E-state index contributed by atoms with van der Waals surface area (Å²) in [7, 11) is 0. The first kappa shape index (κ1) is 27.1. The monoisotopic (exact) mass is 600 g/mol. The second-order valence-corrected chi connectivity index (χ2v) is 11.6. The molecule has 3 N–H and O–H groups in total. The number of allylic oxidation sites excluding steroid dienone is 3. The molecule has 0 saturated heterocycles. The molecule has 0 bridgehead atoms. The molecule has 2 heterocycles. The molecule has 13 heteroatoms. The molecule has 2 aromatic carbocycles. The number of para-hydroxylation sites is 1. The van der Waals surface area contributed by atoms with Gasteiger partial charge in [-0.3, -0.25) is 14.5 Å². The second-order valence-electron chi connectivity index (χ2n) is 8.65. The Balaban J connectivity index is 1.42. The van der Waals surface area contributed by atoms with Crippen LogP contribution in [0, 0.1) is 17.1 Å². The zero-order chi connectivity index (χ0) is 27.7. The van der Waals surface area contributed by atoms with E-state index in [0.29, 0.717) is 61.3 Å². The summed E-state index contributed by atoms with van der Waals surface area (Å²) in [4.78, 5) is 27.3. The van der Waals surface area contributed by atoms with Gasteiger partial charge in [0.05, 0.1) is 39.0 Å². The lowest BCUT2D eigenvalue weighted by Gasteiger charge is -2.38. The van der Waals surface area contributed by atoms with E-state index in [0.717, 1.165) is 11.8 Å². The van der Waals surface area contributed by atoms with Crippen LogP contribution in [0.1, 0.15) is 30.7 Å². The number of carbonyl (C=O) groups is 2. The van der Waals surface area contributed by atoms with E-state index in [4.69, 9.17) is 28.9 Å².